The van der Waals surface area contributed by atoms with Crippen LogP contribution in [0.4, 0.5) is 0 Å². The molecule has 1 rings (SSSR count). The normalized spacial score (nSPS) is 11.2. The summed E-state index contributed by atoms with van der Waals surface area (Å²) in [4.78, 5) is 45.6. The van der Waals surface area contributed by atoms with Gasteiger partial charge >= 0.3 is 5.97 Å². The molecular formula is C17H23N3O6. The quantitative estimate of drug-likeness (QED) is 0.430. The molecule has 0 heterocycles. The van der Waals surface area contributed by atoms with Gasteiger partial charge in [0.25, 0.3) is 0 Å². The number of hydrogen-bond acceptors (Lipinski definition) is 5. The topological polar surface area (TPSA) is 134 Å². The molecule has 0 aromatic heterocycles. The van der Waals surface area contributed by atoms with Crippen molar-refractivity contribution in [1.29, 1.82) is 0 Å². The molecule has 0 radical (unpaired) electrons. The molecule has 0 saturated carbocycles. The standard InChI is InChI=1S/C17H23N3O6/c1-11(21)18-9-10-19-14(22)7-8-15(23)20-16(17(24)25)12-3-5-13(26-2)6-4-12/h3-6,16H,7-10H2,1-2H3,(H,18,21)(H,19,22)(H,20,23)(H,24,25). The van der Waals surface area contributed by atoms with Crippen molar-refractivity contribution in [3.8, 4) is 5.75 Å². The Morgan fingerprint density at radius 2 is 1.58 bits per heavy atom. The summed E-state index contributed by atoms with van der Waals surface area (Å²) in [6.45, 7) is 1.92. The Bertz CT molecular complexity index is 644. The van der Waals surface area contributed by atoms with Crippen LogP contribution < -0.4 is 20.7 Å². The summed E-state index contributed by atoms with van der Waals surface area (Å²) in [5.41, 5.74) is 0.395. The molecule has 0 aliphatic heterocycles. The zero-order valence-corrected chi connectivity index (χ0v) is 14.7. The summed E-state index contributed by atoms with van der Waals surface area (Å²) in [5, 5.41) is 16.8. The first-order chi connectivity index (χ1) is 12.3. The average Bonchev–Trinajstić information content (AvgIpc) is 2.61. The zero-order valence-electron chi connectivity index (χ0n) is 14.7. The molecule has 1 atom stereocenters. The summed E-state index contributed by atoms with van der Waals surface area (Å²) < 4.78 is 5.01. The van der Waals surface area contributed by atoms with Gasteiger partial charge in [-0.05, 0) is 17.7 Å². The van der Waals surface area contributed by atoms with E-state index in [4.69, 9.17) is 4.74 Å². The third kappa shape index (κ3) is 7.65. The largest absolute Gasteiger partial charge is 0.497 e. The van der Waals surface area contributed by atoms with Gasteiger partial charge in [-0.15, -0.1) is 0 Å². The minimum atomic E-state index is -1.21. The summed E-state index contributed by atoms with van der Waals surface area (Å²) in [7, 11) is 1.49. The van der Waals surface area contributed by atoms with Crippen LogP contribution in [-0.2, 0) is 19.2 Å². The fourth-order valence-corrected chi connectivity index (χ4v) is 2.07. The highest BCUT2D eigenvalue weighted by Crippen LogP contribution is 2.18. The van der Waals surface area contributed by atoms with Crippen molar-refractivity contribution < 1.29 is 29.0 Å². The monoisotopic (exact) mass is 365 g/mol. The molecule has 0 aliphatic rings. The van der Waals surface area contributed by atoms with Crippen molar-refractivity contribution in [3.63, 3.8) is 0 Å². The SMILES string of the molecule is COc1ccc(C(NC(=O)CCC(=O)NCCNC(C)=O)C(=O)O)cc1. The third-order valence-electron chi connectivity index (χ3n) is 3.40. The van der Waals surface area contributed by atoms with Gasteiger partial charge in [0.2, 0.25) is 17.7 Å². The maximum atomic E-state index is 11.9. The van der Waals surface area contributed by atoms with E-state index in [0.29, 0.717) is 17.9 Å². The molecule has 9 nitrogen and oxygen atoms in total. The number of benzene rings is 1. The van der Waals surface area contributed by atoms with Crippen LogP contribution in [0.5, 0.6) is 5.75 Å². The fraction of sp³-hybridized carbons (Fsp3) is 0.412. The van der Waals surface area contributed by atoms with Crippen LogP contribution in [0.1, 0.15) is 31.4 Å². The van der Waals surface area contributed by atoms with Crippen LogP contribution in [0.15, 0.2) is 24.3 Å². The zero-order chi connectivity index (χ0) is 19.5. The molecule has 0 spiro atoms. The van der Waals surface area contributed by atoms with Crippen molar-refractivity contribution in [2.24, 2.45) is 0 Å². The summed E-state index contributed by atoms with van der Waals surface area (Å²) >= 11 is 0. The average molecular weight is 365 g/mol. The Balaban J connectivity index is 2.46. The molecule has 0 saturated heterocycles. The lowest BCUT2D eigenvalue weighted by Crippen LogP contribution is -2.36. The lowest BCUT2D eigenvalue weighted by molar-refractivity contribution is -0.142. The highest BCUT2D eigenvalue weighted by molar-refractivity contribution is 5.87. The smallest absolute Gasteiger partial charge is 0.330 e. The summed E-state index contributed by atoms with van der Waals surface area (Å²) in [6.07, 6.45) is -0.229. The van der Waals surface area contributed by atoms with Crippen molar-refractivity contribution in [2.45, 2.75) is 25.8 Å². The van der Waals surface area contributed by atoms with E-state index in [9.17, 15) is 24.3 Å². The summed E-state index contributed by atoms with van der Waals surface area (Å²) in [6, 6.07) is 5.08. The Kier molecular flexibility index (Phi) is 8.62. The van der Waals surface area contributed by atoms with Gasteiger partial charge in [-0.3, -0.25) is 14.4 Å². The molecule has 1 unspecified atom stereocenters. The maximum absolute atomic E-state index is 11.9. The van der Waals surface area contributed by atoms with E-state index in [1.54, 1.807) is 24.3 Å². The molecule has 142 valence electrons. The number of hydrogen-bond donors (Lipinski definition) is 4. The minimum absolute atomic E-state index is 0.0825. The number of carbonyl (C=O) groups is 4. The van der Waals surface area contributed by atoms with Crippen molar-refractivity contribution in [2.75, 3.05) is 20.2 Å². The first-order valence-electron chi connectivity index (χ1n) is 8.00. The van der Waals surface area contributed by atoms with Crippen molar-refractivity contribution >= 4 is 23.7 Å². The van der Waals surface area contributed by atoms with Gasteiger partial charge in [0.1, 0.15) is 5.75 Å². The van der Waals surface area contributed by atoms with E-state index in [-0.39, 0.29) is 31.2 Å². The maximum Gasteiger partial charge on any atom is 0.330 e. The second kappa shape index (κ2) is 10.7. The van der Waals surface area contributed by atoms with Crippen LogP contribution in [0.2, 0.25) is 0 Å². The Labute approximate surface area is 151 Å². The highest BCUT2D eigenvalue weighted by atomic mass is 16.5. The lowest BCUT2D eigenvalue weighted by atomic mass is 10.1. The van der Waals surface area contributed by atoms with Gasteiger partial charge in [0, 0.05) is 32.9 Å². The molecule has 1 aromatic rings. The van der Waals surface area contributed by atoms with Gasteiger partial charge in [0.05, 0.1) is 7.11 Å². The van der Waals surface area contributed by atoms with E-state index < -0.39 is 17.9 Å². The molecule has 0 aliphatic carbocycles. The Morgan fingerprint density at radius 3 is 2.12 bits per heavy atom. The molecule has 1 aromatic carbocycles. The first-order valence-corrected chi connectivity index (χ1v) is 8.00. The minimum Gasteiger partial charge on any atom is -0.497 e. The number of nitrogens with one attached hydrogen (secondary N) is 3. The third-order valence-corrected chi connectivity index (χ3v) is 3.40. The number of rotatable bonds is 10. The molecule has 26 heavy (non-hydrogen) atoms. The number of amides is 3. The van der Waals surface area contributed by atoms with Gasteiger partial charge in [-0.1, -0.05) is 12.1 Å². The molecular weight excluding hydrogens is 342 g/mol. The predicted octanol–water partition coefficient (Wildman–Crippen LogP) is -0.0304. The van der Waals surface area contributed by atoms with E-state index in [1.165, 1.54) is 14.0 Å². The lowest BCUT2D eigenvalue weighted by Gasteiger charge is -2.15. The van der Waals surface area contributed by atoms with Crippen LogP contribution in [0, 0.1) is 0 Å². The number of carboxylic acids is 1. The number of carbonyl (C=O) groups excluding carboxylic acids is 3. The number of methoxy groups -OCH3 is 1. The molecule has 3 amide bonds. The molecule has 9 heteroatoms. The van der Waals surface area contributed by atoms with E-state index in [1.807, 2.05) is 0 Å². The number of carboxylic acid groups (broad SMARTS) is 1. The van der Waals surface area contributed by atoms with Crippen molar-refractivity contribution in [1.82, 2.24) is 16.0 Å². The second-order valence-corrected chi connectivity index (χ2v) is 5.44. The van der Waals surface area contributed by atoms with Gasteiger partial charge in [-0.2, -0.15) is 0 Å². The van der Waals surface area contributed by atoms with E-state index in [2.05, 4.69) is 16.0 Å². The molecule has 4 N–H and O–H groups in total. The molecule has 0 bridgehead atoms. The van der Waals surface area contributed by atoms with Crippen molar-refractivity contribution in [3.05, 3.63) is 29.8 Å². The Morgan fingerprint density at radius 1 is 1.00 bits per heavy atom. The second-order valence-electron chi connectivity index (χ2n) is 5.44. The fourth-order valence-electron chi connectivity index (χ4n) is 2.07. The molecule has 0 fully saturated rings. The van der Waals surface area contributed by atoms with Gasteiger partial charge in [-0.25, -0.2) is 4.79 Å². The number of aliphatic carboxylic acids is 1. The van der Waals surface area contributed by atoms with Gasteiger partial charge < -0.3 is 25.8 Å². The predicted molar refractivity (Wildman–Crippen MR) is 92.4 cm³/mol. The Hall–Kier alpha value is -3.10. The van der Waals surface area contributed by atoms with Crippen LogP contribution in [-0.4, -0.2) is 49.0 Å². The highest BCUT2D eigenvalue weighted by Gasteiger charge is 2.22. The van der Waals surface area contributed by atoms with Crippen LogP contribution in [0.3, 0.4) is 0 Å². The van der Waals surface area contributed by atoms with E-state index >= 15 is 0 Å². The van der Waals surface area contributed by atoms with E-state index in [0.717, 1.165) is 0 Å². The van der Waals surface area contributed by atoms with Gasteiger partial charge in [0.15, 0.2) is 6.04 Å². The van der Waals surface area contributed by atoms with Crippen LogP contribution in [0.25, 0.3) is 0 Å². The number of ether oxygens (including phenoxy) is 1. The summed E-state index contributed by atoms with van der Waals surface area (Å²) in [5.74, 6) is -1.74. The van der Waals surface area contributed by atoms with Crippen LogP contribution >= 0.6 is 0 Å². The first kappa shape index (κ1) is 20.9.